The molecule has 1 heterocycles. The van der Waals surface area contributed by atoms with E-state index in [1.807, 2.05) is 24.3 Å². The first-order valence-electron chi connectivity index (χ1n) is 12.8. The molecule has 5 nitrogen and oxygen atoms in total. The van der Waals surface area contributed by atoms with Crippen LogP contribution in [-0.4, -0.2) is 48.3 Å². The molecule has 0 atom stereocenters. The maximum Gasteiger partial charge on any atom is 0.573 e. The van der Waals surface area contributed by atoms with Crippen LogP contribution in [0.3, 0.4) is 0 Å². The molecule has 3 aromatic carbocycles. The van der Waals surface area contributed by atoms with E-state index in [0.29, 0.717) is 56.1 Å². The zero-order valence-electron chi connectivity index (χ0n) is 21.7. The molecular formula is C29H28ClF6NO4. The van der Waals surface area contributed by atoms with Gasteiger partial charge in [-0.3, -0.25) is 4.90 Å². The Bertz CT molecular complexity index is 1180. The molecule has 0 unspecified atom stereocenters. The Kier molecular flexibility index (Phi) is 9.61. The normalized spacial score (nSPS) is 15.5. The molecule has 1 aliphatic rings. The quantitative estimate of drug-likeness (QED) is 0.195. The Labute approximate surface area is 238 Å². The van der Waals surface area contributed by atoms with Gasteiger partial charge in [0, 0.05) is 6.54 Å². The molecule has 222 valence electrons. The second kappa shape index (κ2) is 12.8. The van der Waals surface area contributed by atoms with Gasteiger partial charge in [0.1, 0.15) is 29.5 Å². The third-order valence-corrected chi connectivity index (χ3v) is 7.06. The van der Waals surface area contributed by atoms with Gasteiger partial charge in [-0.2, -0.15) is 0 Å². The van der Waals surface area contributed by atoms with Crippen LogP contribution in [-0.2, 0) is 12.1 Å². The van der Waals surface area contributed by atoms with Crippen LogP contribution in [0.1, 0.15) is 29.5 Å². The number of piperidine rings is 1. The second-order valence-corrected chi connectivity index (χ2v) is 10.0. The summed E-state index contributed by atoms with van der Waals surface area (Å²) in [5, 5.41) is 12.1. The number of benzene rings is 3. The van der Waals surface area contributed by atoms with Crippen LogP contribution >= 0.6 is 11.6 Å². The van der Waals surface area contributed by atoms with Gasteiger partial charge in [-0.25, -0.2) is 0 Å². The summed E-state index contributed by atoms with van der Waals surface area (Å²) < 4.78 is 89.4. The lowest BCUT2D eigenvalue weighted by molar-refractivity contribution is -0.275. The molecule has 0 bridgehead atoms. The van der Waals surface area contributed by atoms with Crippen LogP contribution in [0.25, 0.3) is 0 Å². The van der Waals surface area contributed by atoms with Crippen molar-refractivity contribution in [1.82, 2.24) is 4.90 Å². The Balaban J connectivity index is 1.53. The van der Waals surface area contributed by atoms with Gasteiger partial charge in [-0.05, 0) is 84.9 Å². The first-order chi connectivity index (χ1) is 19.4. The van der Waals surface area contributed by atoms with E-state index in [1.54, 1.807) is 0 Å². The average molecular weight is 604 g/mol. The van der Waals surface area contributed by atoms with Gasteiger partial charge < -0.3 is 19.3 Å². The number of alkyl halides is 7. The molecule has 12 heteroatoms. The van der Waals surface area contributed by atoms with Crippen molar-refractivity contribution in [2.45, 2.75) is 37.7 Å². The minimum atomic E-state index is -4.88. The van der Waals surface area contributed by atoms with Crippen molar-refractivity contribution in [3.05, 3.63) is 89.5 Å². The highest BCUT2D eigenvalue weighted by molar-refractivity contribution is 6.18. The molecule has 1 saturated heterocycles. The molecule has 0 spiro atoms. The number of hydrogen-bond donors (Lipinski definition) is 1. The Morgan fingerprint density at radius 1 is 0.707 bits per heavy atom. The molecular weight excluding hydrogens is 576 g/mol. The number of hydrogen-bond acceptors (Lipinski definition) is 5. The number of aliphatic hydroxyl groups is 1. The molecule has 0 aliphatic carbocycles. The fourth-order valence-electron chi connectivity index (χ4n) is 5.07. The van der Waals surface area contributed by atoms with Crippen LogP contribution in [0.15, 0.2) is 72.8 Å². The number of nitrogens with zero attached hydrogens (tertiary/aromatic N) is 1. The van der Waals surface area contributed by atoms with Crippen molar-refractivity contribution in [1.29, 1.82) is 0 Å². The number of likely N-dealkylation sites (tertiary alicyclic amines) is 1. The van der Waals surface area contributed by atoms with Crippen LogP contribution in [0.4, 0.5) is 26.3 Å². The molecule has 0 saturated carbocycles. The summed E-state index contributed by atoms with van der Waals surface area (Å²) in [7, 11) is 0. The lowest BCUT2D eigenvalue weighted by Crippen LogP contribution is -2.44. The summed E-state index contributed by atoms with van der Waals surface area (Å²) in [6.45, 7) is 2.30. The summed E-state index contributed by atoms with van der Waals surface area (Å²) in [5.74, 6) is -0.178. The molecule has 0 radical (unpaired) electrons. The van der Waals surface area contributed by atoms with Crippen LogP contribution in [0.5, 0.6) is 17.2 Å². The summed E-state index contributed by atoms with van der Waals surface area (Å²) in [6, 6.07) is 17.4. The monoisotopic (exact) mass is 603 g/mol. The van der Waals surface area contributed by atoms with Crippen molar-refractivity contribution >= 4 is 11.6 Å². The van der Waals surface area contributed by atoms with Gasteiger partial charge in [-0.1, -0.05) is 36.4 Å². The Morgan fingerprint density at radius 3 is 1.56 bits per heavy atom. The molecule has 0 aromatic heterocycles. The zero-order chi connectivity index (χ0) is 29.7. The standard InChI is InChI=1S/C29H28ClF6NO4/c30-15-18-39-24-7-1-20(2-8-24)19-37-16-13-23(14-17-37)27(38,21-3-9-25(10-4-21)40-28(31,32)33)22-5-11-26(12-6-22)41-29(34,35)36/h1-12,23,38H,13-19H2. The predicted octanol–water partition coefficient (Wildman–Crippen LogP) is 7.25. The number of ether oxygens (including phenoxy) is 3. The molecule has 1 N–H and O–H groups in total. The number of halogens is 7. The summed E-state index contributed by atoms with van der Waals surface area (Å²) >= 11 is 5.65. The van der Waals surface area contributed by atoms with Crippen molar-refractivity contribution in [2.75, 3.05) is 25.6 Å². The van der Waals surface area contributed by atoms with Gasteiger partial charge in [0.2, 0.25) is 0 Å². The van der Waals surface area contributed by atoms with E-state index >= 15 is 0 Å². The smallest absolute Gasteiger partial charge is 0.492 e. The second-order valence-electron chi connectivity index (χ2n) is 9.64. The predicted molar refractivity (Wildman–Crippen MR) is 140 cm³/mol. The van der Waals surface area contributed by atoms with Crippen LogP contribution < -0.4 is 14.2 Å². The van der Waals surface area contributed by atoms with Gasteiger partial charge >= 0.3 is 12.7 Å². The molecule has 0 amide bonds. The molecule has 1 fully saturated rings. The fourth-order valence-corrected chi connectivity index (χ4v) is 5.15. The highest BCUT2D eigenvalue weighted by atomic mass is 35.5. The summed E-state index contributed by atoms with van der Waals surface area (Å²) in [5.41, 5.74) is -0.0384. The third kappa shape index (κ3) is 8.43. The van der Waals surface area contributed by atoms with Crippen molar-refractivity contribution in [2.24, 2.45) is 5.92 Å². The van der Waals surface area contributed by atoms with E-state index in [2.05, 4.69) is 14.4 Å². The maximum absolute atomic E-state index is 12.7. The molecule has 4 rings (SSSR count). The van der Waals surface area contributed by atoms with Gasteiger partial charge in [-0.15, -0.1) is 37.9 Å². The van der Waals surface area contributed by atoms with E-state index in [4.69, 9.17) is 16.3 Å². The van der Waals surface area contributed by atoms with Crippen molar-refractivity contribution < 1.29 is 45.7 Å². The van der Waals surface area contributed by atoms with E-state index in [-0.39, 0.29) is 5.92 Å². The van der Waals surface area contributed by atoms with Crippen LogP contribution in [0, 0.1) is 5.92 Å². The lowest BCUT2D eigenvalue weighted by atomic mass is 9.72. The summed E-state index contributed by atoms with van der Waals surface area (Å²) in [4.78, 5) is 2.21. The van der Waals surface area contributed by atoms with Crippen molar-refractivity contribution in [3.63, 3.8) is 0 Å². The van der Waals surface area contributed by atoms with Crippen LogP contribution in [0.2, 0.25) is 0 Å². The maximum atomic E-state index is 12.7. The lowest BCUT2D eigenvalue weighted by Gasteiger charge is -2.42. The largest absolute Gasteiger partial charge is 0.573 e. The van der Waals surface area contributed by atoms with Gasteiger partial charge in [0.15, 0.2) is 0 Å². The first kappa shape index (κ1) is 30.8. The zero-order valence-corrected chi connectivity index (χ0v) is 22.5. The third-order valence-electron chi connectivity index (χ3n) is 6.91. The Morgan fingerprint density at radius 2 is 1.15 bits per heavy atom. The molecule has 3 aromatic rings. The Hall–Kier alpha value is -3.15. The summed E-state index contributed by atoms with van der Waals surface area (Å²) in [6.07, 6.45) is -8.71. The minimum Gasteiger partial charge on any atom is -0.492 e. The van der Waals surface area contributed by atoms with E-state index in [1.165, 1.54) is 24.3 Å². The SMILES string of the molecule is OC(c1ccc(OC(F)(F)F)cc1)(c1ccc(OC(F)(F)F)cc1)C1CCN(Cc2ccc(OCCCl)cc2)CC1. The highest BCUT2D eigenvalue weighted by Crippen LogP contribution is 2.43. The van der Waals surface area contributed by atoms with Gasteiger partial charge in [0.05, 0.1) is 5.88 Å². The molecule has 1 aliphatic heterocycles. The minimum absolute atomic E-state index is 0.294. The number of rotatable bonds is 10. The van der Waals surface area contributed by atoms with Crippen molar-refractivity contribution in [3.8, 4) is 17.2 Å². The van der Waals surface area contributed by atoms with Gasteiger partial charge in [0.25, 0.3) is 0 Å². The fraction of sp³-hybridized carbons (Fsp3) is 0.379. The topological polar surface area (TPSA) is 51.2 Å². The first-order valence-corrected chi connectivity index (χ1v) is 13.3. The van der Waals surface area contributed by atoms with E-state index in [0.717, 1.165) is 35.6 Å². The molecule has 41 heavy (non-hydrogen) atoms. The van der Waals surface area contributed by atoms with E-state index in [9.17, 15) is 31.4 Å². The highest BCUT2D eigenvalue weighted by Gasteiger charge is 2.42. The van der Waals surface area contributed by atoms with E-state index < -0.39 is 29.8 Å². The average Bonchev–Trinajstić information content (AvgIpc) is 2.92.